The van der Waals surface area contributed by atoms with E-state index in [1.807, 2.05) is 0 Å². The van der Waals surface area contributed by atoms with E-state index in [1.54, 1.807) is 0 Å². The predicted octanol–water partition coefficient (Wildman–Crippen LogP) is 6.80. The van der Waals surface area contributed by atoms with Gasteiger partial charge in [-0.05, 0) is 75.1 Å². The van der Waals surface area contributed by atoms with Gasteiger partial charge < -0.3 is 29.3 Å². The van der Waals surface area contributed by atoms with E-state index in [9.17, 15) is 22.8 Å². The van der Waals surface area contributed by atoms with E-state index in [2.05, 4.69) is 52.5 Å². The summed E-state index contributed by atoms with van der Waals surface area (Å²) in [6, 6.07) is 5.08. The van der Waals surface area contributed by atoms with Gasteiger partial charge in [0.15, 0.2) is 0 Å². The molecular formula is C38H57F3N4O6. The highest BCUT2D eigenvalue weighted by molar-refractivity contribution is 5.97. The summed E-state index contributed by atoms with van der Waals surface area (Å²) >= 11 is 0. The number of unbranched alkanes of at least 4 members (excludes halogenated alkanes) is 1. The van der Waals surface area contributed by atoms with Crippen molar-refractivity contribution in [2.75, 3.05) is 63.9 Å². The molecule has 1 aromatic rings. The topological polar surface area (TPSA) is 103 Å². The fraction of sp³-hybridized carbons (Fsp3) is 0.763. The fourth-order valence-electron chi connectivity index (χ4n) is 8.96. The maximum atomic E-state index is 13.7. The van der Waals surface area contributed by atoms with Crippen LogP contribution in [0.5, 0.6) is 0 Å². The Morgan fingerprint density at radius 2 is 1.51 bits per heavy atom. The van der Waals surface area contributed by atoms with Crippen LogP contribution in [0.15, 0.2) is 12.1 Å². The number of carboxylic acids is 1. The number of likely N-dealkylation sites (tertiary alicyclic amines) is 2. The molecule has 0 radical (unpaired) electrons. The molecule has 5 aliphatic rings. The molecule has 1 spiro atoms. The van der Waals surface area contributed by atoms with E-state index < -0.39 is 12.1 Å². The molecule has 1 unspecified atom stereocenters. The number of hydrogen-bond donors (Lipinski definition) is 1. The van der Waals surface area contributed by atoms with E-state index in [0.717, 1.165) is 121 Å². The summed E-state index contributed by atoms with van der Waals surface area (Å²) in [5, 5.41) is 7.12. The van der Waals surface area contributed by atoms with Gasteiger partial charge in [0.1, 0.15) is 5.60 Å². The molecule has 1 atom stereocenters. The number of aryl methyl sites for hydroxylation is 2. The molecule has 1 aromatic carbocycles. The molecule has 6 rings (SSSR count). The van der Waals surface area contributed by atoms with E-state index in [-0.39, 0.29) is 23.6 Å². The van der Waals surface area contributed by atoms with Gasteiger partial charge >= 0.3 is 18.2 Å². The normalized spacial score (nSPS) is 23.6. The van der Waals surface area contributed by atoms with Gasteiger partial charge in [-0.1, -0.05) is 39.0 Å². The summed E-state index contributed by atoms with van der Waals surface area (Å²) in [7, 11) is 0. The van der Waals surface area contributed by atoms with Crippen LogP contribution in [-0.2, 0) is 14.3 Å². The molecule has 0 aromatic heterocycles. The second kappa shape index (κ2) is 17.2. The van der Waals surface area contributed by atoms with Gasteiger partial charge in [-0.25, -0.2) is 9.59 Å². The summed E-state index contributed by atoms with van der Waals surface area (Å²) in [6.07, 6.45) is 8.56. The molecule has 2 amide bonds. The summed E-state index contributed by atoms with van der Waals surface area (Å²) < 4.78 is 43.6. The van der Waals surface area contributed by atoms with Crippen LogP contribution >= 0.6 is 0 Å². The molecule has 4 saturated heterocycles. The van der Waals surface area contributed by atoms with Crippen LogP contribution in [0.2, 0.25) is 0 Å². The Morgan fingerprint density at radius 1 is 0.922 bits per heavy atom. The summed E-state index contributed by atoms with van der Waals surface area (Å²) in [5.41, 5.74) is 3.89. The molecule has 5 fully saturated rings. The van der Waals surface area contributed by atoms with Crippen LogP contribution in [0.25, 0.3) is 0 Å². The number of nitrogens with zero attached hydrogens (tertiary/aromatic N) is 4. The number of amides is 2. The molecule has 10 nitrogen and oxygen atoms in total. The molecule has 1 N–H and O–H groups in total. The molecule has 1 aliphatic carbocycles. The standard InChI is InChI=1S/C36H56N4O4.C2HF3O2/c1-4-5-11-32-36(44-35(42)40(32)26-29-9-7-6-8-10-29)14-18-37(19-15-36)30-12-16-39(17-13-30)34(41)33-27(2)24-31(25-28(33)3)38-20-22-43-23-21-38;3-2(4,5)1(6)7/h24-25,29-30,32H,4-23,26H2,1-3H3;(H,6,7). The molecule has 13 heteroatoms. The Bertz CT molecular complexity index is 1320. The van der Waals surface area contributed by atoms with Crippen molar-refractivity contribution in [3.63, 3.8) is 0 Å². The highest BCUT2D eigenvalue weighted by atomic mass is 19.4. The zero-order chi connectivity index (χ0) is 36.8. The number of ether oxygens (including phenoxy) is 2. The predicted molar refractivity (Wildman–Crippen MR) is 188 cm³/mol. The van der Waals surface area contributed by atoms with Crippen LogP contribution in [-0.4, -0.2) is 121 Å². The van der Waals surface area contributed by atoms with Gasteiger partial charge in [0.25, 0.3) is 5.91 Å². The zero-order valence-electron chi connectivity index (χ0n) is 30.6. The van der Waals surface area contributed by atoms with Crippen molar-refractivity contribution in [3.05, 3.63) is 28.8 Å². The van der Waals surface area contributed by atoms with Gasteiger partial charge in [-0.15, -0.1) is 0 Å². The first kappa shape index (κ1) is 39.2. The van der Waals surface area contributed by atoms with Crippen molar-refractivity contribution in [1.82, 2.24) is 14.7 Å². The highest BCUT2D eigenvalue weighted by Gasteiger charge is 2.55. The van der Waals surface area contributed by atoms with Crippen molar-refractivity contribution in [3.8, 4) is 0 Å². The van der Waals surface area contributed by atoms with Gasteiger partial charge in [0.2, 0.25) is 0 Å². The SMILES string of the molecule is CCCCC1N(CC2CCCCC2)C(=O)OC12CCN(C1CCN(C(=O)c3c(C)cc(N4CCOCC4)cc3C)CC1)CC2.O=C(O)C(F)(F)F. The van der Waals surface area contributed by atoms with Crippen molar-refractivity contribution >= 4 is 23.7 Å². The lowest BCUT2D eigenvalue weighted by Crippen LogP contribution is -2.56. The molecular weight excluding hydrogens is 665 g/mol. The maximum absolute atomic E-state index is 13.7. The van der Waals surface area contributed by atoms with Crippen molar-refractivity contribution in [2.45, 2.75) is 122 Å². The number of morpholine rings is 1. The first-order chi connectivity index (χ1) is 24.3. The van der Waals surface area contributed by atoms with Crippen LogP contribution in [0.3, 0.4) is 0 Å². The Kier molecular flexibility index (Phi) is 13.2. The Labute approximate surface area is 300 Å². The minimum atomic E-state index is -5.08. The average Bonchev–Trinajstić information content (AvgIpc) is 3.36. The third kappa shape index (κ3) is 9.49. The smallest absolute Gasteiger partial charge is 0.475 e. The maximum Gasteiger partial charge on any atom is 0.490 e. The summed E-state index contributed by atoms with van der Waals surface area (Å²) in [5.74, 6) is -1.94. The number of hydrogen-bond acceptors (Lipinski definition) is 7. The van der Waals surface area contributed by atoms with E-state index in [4.69, 9.17) is 19.4 Å². The molecule has 286 valence electrons. The lowest BCUT2D eigenvalue weighted by atomic mass is 9.80. The number of anilines is 1. The lowest BCUT2D eigenvalue weighted by Gasteiger charge is -2.46. The van der Waals surface area contributed by atoms with Gasteiger partial charge in [-0.3, -0.25) is 9.69 Å². The first-order valence-electron chi connectivity index (χ1n) is 19.1. The fourth-order valence-corrected chi connectivity index (χ4v) is 8.96. The van der Waals surface area contributed by atoms with E-state index in [1.165, 1.54) is 37.8 Å². The lowest BCUT2D eigenvalue weighted by molar-refractivity contribution is -0.192. The number of rotatable bonds is 8. The largest absolute Gasteiger partial charge is 0.490 e. The summed E-state index contributed by atoms with van der Waals surface area (Å²) in [6.45, 7) is 14.2. The average molecular weight is 723 g/mol. The third-order valence-electron chi connectivity index (χ3n) is 11.8. The second-order valence-electron chi connectivity index (χ2n) is 15.2. The Morgan fingerprint density at radius 3 is 2.06 bits per heavy atom. The van der Waals surface area contributed by atoms with Crippen molar-refractivity contribution in [2.24, 2.45) is 5.92 Å². The number of halogens is 3. The summed E-state index contributed by atoms with van der Waals surface area (Å²) in [4.78, 5) is 45.1. The number of benzene rings is 1. The van der Waals surface area contributed by atoms with Crippen LogP contribution in [0.1, 0.15) is 105 Å². The quantitative estimate of drug-likeness (QED) is 0.313. The third-order valence-corrected chi connectivity index (χ3v) is 11.8. The minimum Gasteiger partial charge on any atom is -0.475 e. The van der Waals surface area contributed by atoms with Crippen LogP contribution in [0, 0.1) is 19.8 Å². The number of carbonyl (C=O) groups is 3. The zero-order valence-corrected chi connectivity index (χ0v) is 30.6. The first-order valence-corrected chi connectivity index (χ1v) is 19.1. The van der Waals surface area contributed by atoms with Crippen molar-refractivity contribution in [1.29, 1.82) is 0 Å². The number of carbonyl (C=O) groups excluding carboxylic acids is 2. The number of aliphatic carboxylic acids is 1. The van der Waals surface area contributed by atoms with Crippen molar-refractivity contribution < 1.29 is 42.1 Å². The monoisotopic (exact) mass is 722 g/mol. The Hall–Kier alpha value is -3.06. The van der Waals surface area contributed by atoms with E-state index >= 15 is 0 Å². The molecule has 0 bridgehead atoms. The molecule has 4 heterocycles. The van der Waals surface area contributed by atoms with Gasteiger partial charge in [0.05, 0.1) is 19.3 Å². The molecule has 51 heavy (non-hydrogen) atoms. The second-order valence-corrected chi connectivity index (χ2v) is 15.2. The van der Waals surface area contributed by atoms with Crippen LogP contribution < -0.4 is 4.90 Å². The van der Waals surface area contributed by atoms with Gasteiger partial charge in [-0.2, -0.15) is 13.2 Å². The Balaban J connectivity index is 0.000000654. The number of carboxylic acid groups (broad SMARTS) is 1. The molecule has 1 saturated carbocycles. The highest BCUT2D eigenvalue weighted by Crippen LogP contribution is 2.43. The minimum absolute atomic E-state index is 0.0551. The number of piperidine rings is 2. The van der Waals surface area contributed by atoms with Gasteiger partial charge in [0, 0.05) is 75.9 Å². The molecule has 4 aliphatic heterocycles. The van der Waals surface area contributed by atoms with Crippen LogP contribution in [0.4, 0.5) is 23.7 Å². The number of alkyl halides is 3. The van der Waals surface area contributed by atoms with E-state index in [0.29, 0.717) is 12.0 Å².